The maximum atomic E-state index is 13.3. The lowest BCUT2D eigenvalue weighted by Crippen LogP contribution is -2.38. The molecule has 1 atom stereocenters. The Hall–Kier alpha value is -6.81. The molecule has 0 aliphatic heterocycles. The molecular formula is C64H85N3O10. The number of benzene rings is 4. The first-order valence-electron chi connectivity index (χ1n) is 27.8. The molecule has 1 unspecified atom stereocenters. The van der Waals surface area contributed by atoms with Gasteiger partial charge >= 0.3 is 23.9 Å². The summed E-state index contributed by atoms with van der Waals surface area (Å²) in [5, 5.41) is 17.4. The van der Waals surface area contributed by atoms with E-state index in [1.54, 1.807) is 48.5 Å². The quantitative estimate of drug-likeness (QED) is 0.0107. The molecular weight excluding hydrogens is 971 g/mol. The van der Waals surface area contributed by atoms with Crippen molar-refractivity contribution in [2.75, 3.05) is 33.0 Å². The summed E-state index contributed by atoms with van der Waals surface area (Å²) in [6.07, 6.45) is 18.2. The number of azo groups is 1. The van der Waals surface area contributed by atoms with Gasteiger partial charge in [0, 0.05) is 6.08 Å². The van der Waals surface area contributed by atoms with Gasteiger partial charge in [0.25, 0.3) is 0 Å². The highest BCUT2D eigenvalue weighted by Crippen LogP contribution is 2.39. The van der Waals surface area contributed by atoms with Gasteiger partial charge in [0.1, 0.15) is 23.9 Å². The maximum Gasteiger partial charge on any atom is 0.343 e. The summed E-state index contributed by atoms with van der Waals surface area (Å²) < 4.78 is 33.9. The smallest absolute Gasteiger partial charge is 0.343 e. The molecule has 0 fully saturated rings. The molecule has 4 aromatic carbocycles. The number of hydrogen-bond acceptors (Lipinski definition) is 13. The van der Waals surface area contributed by atoms with Crippen molar-refractivity contribution < 1.29 is 47.6 Å². The average Bonchev–Trinajstić information content (AvgIpc) is 3.41. The topological polar surface area (TPSA) is 172 Å². The first-order valence-corrected chi connectivity index (χ1v) is 27.8. The molecule has 4 rings (SSSR count). The summed E-state index contributed by atoms with van der Waals surface area (Å²) in [5.74, 6) is 0.383. The van der Waals surface area contributed by atoms with Crippen LogP contribution in [0.2, 0.25) is 0 Å². The minimum Gasteiger partial charge on any atom is -0.494 e. The number of carbonyl (C=O) groups is 4. The van der Waals surface area contributed by atoms with Crippen LogP contribution < -0.4 is 14.2 Å². The fraction of sp³-hybridized carbons (Fsp3) is 0.516. The molecule has 4 aromatic rings. The van der Waals surface area contributed by atoms with Gasteiger partial charge in [-0.05, 0) is 167 Å². The van der Waals surface area contributed by atoms with Crippen LogP contribution in [0.1, 0.15) is 185 Å². The average molecular weight is 1060 g/mol. The third-order valence-electron chi connectivity index (χ3n) is 13.4. The van der Waals surface area contributed by atoms with E-state index in [1.807, 2.05) is 77.1 Å². The lowest BCUT2D eigenvalue weighted by atomic mass is 9.72. The van der Waals surface area contributed by atoms with E-state index >= 15 is 0 Å². The number of hydrogen-bond donors (Lipinski definition) is 0. The lowest BCUT2D eigenvalue weighted by Gasteiger charge is -2.33. The molecule has 0 saturated carbocycles. The molecule has 0 N–H and O–H groups in total. The van der Waals surface area contributed by atoms with E-state index in [9.17, 15) is 19.2 Å². The lowest BCUT2D eigenvalue weighted by molar-refractivity contribution is -0.163. The molecule has 0 aliphatic rings. The van der Waals surface area contributed by atoms with E-state index in [4.69, 9.17) is 33.7 Å². The molecule has 0 spiro atoms. The normalized spacial score (nSPS) is 12.5. The third-order valence-corrected chi connectivity index (χ3v) is 13.4. The molecule has 0 radical (unpaired) electrons. The van der Waals surface area contributed by atoms with Crippen LogP contribution in [0.4, 0.5) is 11.4 Å². The molecule has 0 aliphatic carbocycles. The molecule has 0 saturated heterocycles. The van der Waals surface area contributed by atoms with E-state index in [2.05, 4.69) is 43.1 Å². The zero-order valence-electron chi connectivity index (χ0n) is 47.3. The highest BCUT2D eigenvalue weighted by atomic mass is 16.5. The largest absolute Gasteiger partial charge is 0.494 e. The van der Waals surface area contributed by atoms with Gasteiger partial charge in [-0.3, -0.25) is 9.59 Å². The Kier molecular flexibility index (Phi) is 27.2. The third kappa shape index (κ3) is 24.0. The van der Waals surface area contributed by atoms with Crippen molar-refractivity contribution in [3.8, 4) is 23.3 Å². The highest BCUT2D eigenvalue weighted by Gasteiger charge is 2.43. The minimum absolute atomic E-state index is 0.0471. The Bertz CT molecular complexity index is 2540. The van der Waals surface area contributed by atoms with Gasteiger partial charge in [0.15, 0.2) is 0 Å². The Balaban J connectivity index is 0.970. The fourth-order valence-electron chi connectivity index (χ4n) is 8.55. The standard InChI is InChI=1S/C64H85N3O10/c1-9-64(8,61(71)76-44-23-19-15-14-17-21-42-73-56-36-32-53(33-37-56)66-67-54-27-24-26-52(47-54)62(3,4)5)48-63(6,7)60(70)75-43-22-18-13-11-10-12-16-20-41-72-55-34-30-51(31-35-55)59(69)77-57-38-28-50(46-49(57)2)29-39-58(68)74-45-25-40-65/h24,26-39,46-47H,9-23,25,41-45,48H2,1-8H3/b39-29+,67-66?. The zero-order valence-corrected chi connectivity index (χ0v) is 47.3. The van der Waals surface area contributed by atoms with Crippen molar-refractivity contribution in [2.24, 2.45) is 21.1 Å². The number of aryl methyl sites for hydroxylation is 1. The number of carbonyl (C=O) groups excluding carboxylic acids is 4. The Morgan fingerprint density at radius 3 is 1.66 bits per heavy atom. The summed E-state index contributed by atoms with van der Waals surface area (Å²) in [5.41, 5.74) is 3.17. The molecule has 0 aromatic heterocycles. The van der Waals surface area contributed by atoms with Gasteiger partial charge in [-0.2, -0.15) is 15.5 Å². The van der Waals surface area contributed by atoms with E-state index in [0.717, 1.165) is 118 Å². The molecule has 0 bridgehead atoms. The van der Waals surface area contributed by atoms with E-state index in [-0.39, 0.29) is 30.4 Å². The Morgan fingerprint density at radius 1 is 0.584 bits per heavy atom. The number of nitrogens with zero attached hydrogens (tertiary/aromatic N) is 3. The number of unbranched alkanes of at least 4 members (excludes halogenated alkanes) is 12. The van der Waals surface area contributed by atoms with Crippen LogP contribution in [0.5, 0.6) is 17.2 Å². The predicted octanol–water partition coefficient (Wildman–Crippen LogP) is 16.2. The van der Waals surface area contributed by atoms with Gasteiger partial charge in [-0.1, -0.05) is 110 Å². The van der Waals surface area contributed by atoms with Crippen molar-refractivity contribution in [1.82, 2.24) is 0 Å². The molecule has 77 heavy (non-hydrogen) atoms. The monoisotopic (exact) mass is 1060 g/mol. The van der Waals surface area contributed by atoms with Crippen LogP contribution in [0.25, 0.3) is 6.08 Å². The first kappa shape index (κ1) is 62.7. The van der Waals surface area contributed by atoms with E-state index in [0.29, 0.717) is 56.3 Å². The first-order chi connectivity index (χ1) is 36.9. The number of nitriles is 1. The second kappa shape index (κ2) is 33.4. The van der Waals surface area contributed by atoms with Crippen LogP contribution in [0.15, 0.2) is 107 Å². The molecule has 0 amide bonds. The van der Waals surface area contributed by atoms with Crippen molar-refractivity contribution in [1.29, 1.82) is 5.26 Å². The van der Waals surface area contributed by atoms with Crippen LogP contribution in [-0.4, -0.2) is 56.9 Å². The predicted molar refractivity (Wildman–Crippen MR) is 303 cm³/mol. The highest BCUT2D eigenvalue weighted by molar-refractivity contribution is 5.91. The summed E-state index contributed by atoms with van der Waals surface area (Å²) in [6, 6.07) is 29.9. The van der Waals surface area contributed by atoms with E-state index in [1.165, 1.54) is 11.6 Å². The van der Waals surface area contributed by atoms with Crippen LogP contribution in [0, 0.1) is 29.1 Å². The number of rotatable bonds is 35. The fourth-order valence-corrected chi connectivity index (χ4v) is 8.55. The van der Waals surface area contributed by atoms with Crippen molar-refractivity contribution >= 4 is 41.3 Å². The molecule has 0 heterocycles. The Labute approximate surface area is 459 Å². The van der Waals surface area contributed by atoms with Crippen molar-refractivity contribution in [2.45, 2.75) is 170 Å². The van der Waals surface area contributed by atoms with Crippen LogP contribution in [0.3, 0.4) is 0 Å². The van der Waals surface area contributed by atoms with Crippen LogP contribution in [-0.2, 0) is 34.0 Å². The summed E-state index contributed by atoms with van der Waals surface area (Å²) >= 11 is 0. The summed E-state index contributed by atoms with van der Waals surface area (Å²) in [4.78, 5) is 51.0. The van der Waals surface area contributed by atoms with Gasteiger partial charge in [-0.25, -0.2) is 9.59 Å². The minimum atomic E-state index is -0.819. The van der Waals surface area contributed by atoms with Gasteiger partial charge < -0.3 is 28.4 Å². The van der Waals surface area contributed by atoms with Gasteiger partial charge in [0.05, 0.1) is 66.7 Å². The van der Waals surface area contributed by atoms with Crippen molar-refractivity contribution in [3.63, 3.8) is 0 Å². The van der Waals surface area contributed by atoms with Gasteiger partial charge in [-0.15, -0.1) is 0 Å². The summed E-state index contributed by atoms with van der Waals surface area (Å²) in [6.45, 7) is 18.0. The van der Waals surface area contributed by atoms with Gasteiger partial charge in [0.2, 0.25) is 0 Å². The van der Waals surface area contributed by atoms with Crippen LogP contribution >= 0.6 is 0 Å². The molecule has 13 heteroatoms. The zero-order chi connectivity index (χ0) is 55.9. The maximum absolute atomic E-state index is 13.3. The Morgan fingerprint density at radius 2 is 1.12 bits per heavy atom. The van der Waals surface area contributed by atoms with Crippen molar-refractivity contribution in [3.05, 3.63) is 119 Å². The summed E-state index contributed by atoms with van der Waals surface area (Å²) in [7, 11) is 0. The molecule has 13 nitrogen and oxygen atoms in total. The number of esters is 4. The number of ether oxygens (including phenoxy) is 6. The molecule has 416 valence electrons. The van der Waals surface area contributed by atoms with E-state index < -0.39 is 22.8 Å². The second-order valence-corrected chi connectivity index (χ2v) is 21.7. The second-order valence-electron chi connectivity index (χ2n) is 21.7. The SMILES string of the molecule is CCC(C)(CC(C)(C)C(=O)OCCCCCCCCCCOc1ccc(C(=O)Oc2ccc(/C=C/C(=O)OCCC#N)cc2C)cc1)C(=O)OCCCCCCCCOc1ccc(N=Nc2cccc(C(C)(C)C)c2)cc1.